The van der Waals surface area contributed by atoms with Crippen molar-refractivity contribution in [1.29, 1.82) is 0 Å². The smallest absolute Gasteiger partial charge is 0.244 e. The molecule has 32 heavy (non-hydrogen) atoms. The van der Waals surface area contributed by atoms with Crippen molar-refractivity contribution in [1.82, 2.24) is 5.32 Å². The van der Waals surface area contributed by atoms with Gasteiger partial charge in [-0.15, -0.1) is 0 Å². The second-order valence-corrected chi connectivity index (χ2v) is 10.5. The van der Waals surface area contributed by atoms with Crippen molar-refractivity contribution in [3.8, 4) is 5.75 Å². The standard InChI is InChI=1S/C25H34N2O4S/c1-6-22(27(32(5,29)30)19-13-11-12-18(4)16-19)24(28)26-21-17-25(7-2,8-3)31-23-15-10-9-14-20(21)23/h9-16,21-22H,6-8,17H2,1-5H3,(H,26,28). The minimum atomic E-state index is -3.68. The van der Waals surface area contributed by atoms with E-state index in [4.69, 9.17) is 4.74 Å². The molecule has 7 heteroatoms. The average molecular weight is 459 g/mol. The van der Waals surface area contributed by atoms with Gasteiger partial charge in [0.05, 0.1) is 18.0 Å². The van der Waals surface area contributed by atoms with Crippen molar-refractivity contribution in [3.63, 3.8) is 0 Å². The second kappa shape index (κ2) is 9.53. The lowest BCUT2D eigenvalue weighted by Crippen LogP contribution is -2.52. The Morgan fingerprint density at radius 1 is 1.16 bits per heavy atom. The summed E-state index contributed by atoms with van der Waals surface area (Å²) >= 11 is 0. The highest BCUT2D eigenvalue weighted by Gasteiger charge is 2.40. The van der Waals surface area contributed by atoms with Crippen LogP contribution in [0.2, 0.25) is 0 Å². The predicted octanol–water partition coefficient (Wildman–Crippen LogP) is 4.74. The first-order valence-corrected chi connectivity index (χ1v) is 13.1. The maximum absolute atomic E-state index is 13.5. The number of para-hydroxylation sites is 1. The van der Waals surface area contributed by atoms with E-state index in [1.807, 2.05) is 44.2 Å². The van der Waals surface area contributed by atoms with Crippen molar-refractivity contribution < 1.29 is 17.9 Å². The molecule has 6 nitrogen and oxygen atoms in total. The molecule has 1 amide bonds. The highest BCUT2D eigenvalue weighted by molar-refractivity contribution is 7.92. The van der Waals surface area contributed by atoms with E-state index < -0.39 is 16.1 Å². The molecule has 2 aromatic rings. The van der Waals surface area contributed by atoms with Crippen LogP contribution in [0.4, 0.5) is 5.69 Å². The first-order chi connectivity index (χ1) is 15.1. The van der Waals surface area contributed by atoms with Crippen LogP contribution >= 0.6 is 0 Å². The average Bonchev–Trinajstić information content (AvgIpc) is 2.76. The molecule has 0 bridgehead atoms. The van der Waals surface area contributed by atoms with Gasteiger partial charge in [-0.2, -0.15) is 0 Å². The number of anilines is 1. The van der Waals surface area contributed by atoms with Gasteiger partial charge in [-0.25, -0.2) is 8.42 Å². The van der Waals surface area contributed by atoms with Crippen LogP contribution in [0, 0.1) is 6.92 Å². The second-order valence-electron chi connectivity index (χ2n) is 8.62. The number of aryl methyl sites for hydroxylation is 1. The molecule has 1 aliphatic rings. The molecule has 1 aliphatic heterocycles. The van der Waals surface area contributed by atoms with Crippen LogP contribution in [0.25, 0.3) is 0 Å². The van der Waals surface area contributed by atoms with Crippen LogP contribution in [-0.2, 0) is 14.8 Å². The van der Waals surface area contributed by atoms with E-state index in [0.717, 1.165) is 36.0 Å². The number of nitrogens with zero attached hydrogens (tertiary/aromatic N) is 1. The van der Waals surface area contributed by atoms with E-state index in [2.05, 4.69) is 19.2 Å². The molecule has 0 aromatic heterocycles. The minimum absolute atomic E-state index is 0.250. The lowest BCUT2D eigenvalue weighted by atomic mass is 9.83. The summed E-state index contributed by atoms with van der Waals surface area (Å²) in [4.78, 5) is 13.5. The molecule has 0 saturated carbocycles. The zero-order valence-corrected chi connectivity index (χ0v) is 20.4. The highest BCUT2D eigenvalue weighted by atomic mass is 32.2. The van der Waals surface area contributed by atoms with E-state index in [-0.39, 0.29) is 17.6 Å². The Hall–Kier alpha value is -2.54. The maximum atomic E-state index is 13.5. The Bertz CT molecular complexity index is 1060. The Kier molecular flexibility index (Phi) is 7.18. The van der Waals surface area contributed by atoms with Gasteiger partial charge in [0.15, 0.2) is 0 Å². The van der Waals surface area contributed by atoms with E-state index >= 15 is 0 Å². The Labute approximate surface area is 192 Å². The molecule has 2 atom stereocenters. The number of benzene rings is 2. The summed E-state index contributed by atoms with van der Waals surface area (Å²) in [5.74, 6) is 0.474. The molecule has 0 fully saturated rings. The van der Waals surface area contributed by atoms with Crippen LogP contribution in [0.3, 0.4) is 0 Å². The van der Waals surface area contributed by atoms with Crippen molar-refractivity contribution >= 4 is 21.6 Å². The lowest BCUT2D eigenvalue weighted by Gasteiger charge is -2.42. The lowest BCUT2D eigenvalue weighted by molar-refractivity contribution is -0.123. The summed E-state index contributed by atoms with van der Waals surface area (Å²) in [5.41, 5.74) is 2.00. The van der Waals surface area contributed by atoms with Gasteiger partial charge in [0.2, 0.25) is 15.9 Å². The van der Waals surface area contributed by atoms with E-state index in [9.17, 15) is 13.2 Å². The largest absolute Gasteiger partial charge is 0.487 e. The van der Waals surface area contributed by atoms with Crippen LogP contribution in [0.15, 0.2) is 48.5 Å². The molecular formula is C25H34N2O4S. The third-order valence-electron chi connectivity index (χ3n) is 6.39. The van der Waals surface area contributed by atoms with Gasteiger partial charge < -0.3 is 10.1 Å². The van der Waals surface area contributed by atoms with Gasteiger partial charge in [-0.3, -0.25) is 9.10 Å². The van der Waals surface area contributed by atoms with Gasteiger partial charge in [-0.05, 0) is 49.9 Å². The molecule has 0 aliphatic carbocycles. The summed E-state index contributed by atoms with van der Waals surface area (Å²) in [6, 6.07) is 13.9. The van der Waals surface area contributed by atoms with Gasteiger partial charge in [0.25, 0.3) is 0 Å². The molecule has 2 unspecified atom stereocenters. The summed E-state index contributed by atoms with van der Waals surface area (Å²) < 4.78 is 33.1. The molecule has 174 valence electrons. The number of hydrogen-bond acceptors (Lipinski definition) is 4. The number of carbonyl (C=O) groups is 1. The number of nitrogens with one attached hydrogen (secondary N) is 1. The predicted molar refractivity (Wildman–Crippen MR) is 128 cm³/mol. The van der Waals surface area contributed by atoms with Gasteiger partial charge >= 0.3 is 0 Å². The fraction of sp³-hybridized carbons (Fsp3) is 0.480. The van der Waals surface area contributed by atoms with E-state index in [0.29, 0.717) is 18.5 Å². The number of sulfonamides is 1. The zero-order chi connectivity index (χ0) is 23.5. The molecular weight excluding hydrogens is 424 g/mol. The molecule has 0 saturated heterocycles. The Morgan fingerprint density at radius 2 is 1.84 bits per heavy atom. The monoisotopic (exact) mass is 458 g/mol. The quantitative estimate of drug-likeness (QED) is 0.620. The van der Waals surface area contributed by atoms with Crippen molar-refractivity contribution in [2.45, 2.75) is 71.1 Å². The van der Waals surface area contributed by atoms with Crippen LogP contribution in [0.1, 0.15) is 63.6 Å². The van der Waals surface area contributed by atoms with Gasteiger partial charge in [0.1, 0.15) is 17.4 Å². The normalized spacial score (nSPS) is 18.2. The van der Waals surface area contributed by atoms with E-state index in [1.165, 1.54) is 4.31 Å². The SMILES string of the molecule is CCC(C(=O)NC1CC(CC)(CC)Oc2ccccc21)N(c1cccc(C)c1)S(C)(=O)=O. The van der Waals surface area contributed by atoms with Crippen molar-refractivity contribution in [2.75, 3.05) is 10.6 Å². The number of ether oxygens (including phenoxy) is 1. The summed E-state index contributed by atoms with van der Waals surface area (Å²) in [6.45, 7) is 7.92. The molecule has 0 radical (unpaired) electrons. The number of fused-ring (bicyclic) bond motifs is 1. The third kappa shape index (κ3) is 4.93. The third-order valence-corrected chi connectivity index (χ3v) is 7.57. The summed E-state index contributed by atoms with van der Waals surface area (Å²) in [5, 5.41) is 3.16. The Balaban J connectivity index is 1.96. The van der Waals surface area contributed by atoms with Crippen LogP contribution in [-0.4, -0.2) is 32.2 Å². The summed E-state index contributed by atoms with van der Waals surface area (Å²) in [7, 11) is -3.68. The van der Waals surface area contributed by atoms with Crippen LogP contribution in [0.5, 0.6) is 5.75 Å². The van der Waals surface area contributed by atoms with Crippen molar-refractivity contribution in [3.05, 3.63) is 59.7 Å². The number of carbonyl (C=O) groups excluding carboxylic acids is 1. The first-order valence-electron chi connectivity index (χ1n) is 11.3. The number of rotatable bonds is 8. The zero-order valence-electron chi connectivity index (χ0n) is 19.6. The maximum Gasteiger partial charge on any atom is 0.244 e. The molecule has 3 rings (SSSR count). The number of hydrogen-bond donors (Lipinski definition) is 1. The van der Waals surface area contributed by atoms with E-state index in [1.54, 1.807) is 18.2 Å². The molecule has 0 spiro atoms. The fourth-order valence-electron chi connectivity index (χ4n) is 4.52. The minimum Gasteiger partial charge on any atom is -0.487 e. The first kappa shape index (κ1) is 24.1. The van der Waals surface area contributed by atoms with Gasteiger partial charge in [-0.1, -0.05) is 51.1 Å². The topological polar surface area (TPSA) is 75.7 Å². The summed E-state index contributed by atoms with van der Waals surface area (Å²) in [6.07, 6.45) is 3.78. The highest BCUT2D eigenvalue weighted by Crippen LogP contribution is 2.42. The number of amides is 1. The molecule has 1 N–H and O–H groups in total. The van der Waals surface area contributed by atoms with Gasteiger partial charge in [0, 0.05) is 12.0 Å². The van der Waals surface area contributed by atoms with Crippen molar-refractivity contribution in [2.24, 2.45) is 0 Å². The molecule has 2 aromatic carbocycles. The van der Waals surface area contributed by atoms with Crippen LogP contribution < -0.4 is 14.4 Å². The molecule has 1 heterocycles. The fourth-order valence-corrected chi connectivity index (χ4v) is 5.73. The Morgan fingerprint density at radius 3 is 2.44 bits per heavy atom.